The molecule has 0 bridgehead atoms. The smallest absolute Gasteiger partial charge is 0.282 e. The molecule has 0 radical (unpaired) electrons. The number of piperidine rings is 1. The minimum Gasteiger partial charge on any atom is -0.497 e. The molecule has 0 aliphatic carbocycles. The first-order chi connectivity index (χ1) is 15.4. The normalized spacial score (nSPS) is 17.2. The highest BCUT2D eigenvalue weighted by Gasteiger charge is 2.43. The number of amides is 3. The predicted molar refractivity (Wildman–Crippen MR) is 123 cm³/mol. The summed E-state index contributed by atoms with van der Waals surface area (Å²) >= 11 is 0. The molecule has 2 aromatic carbocycles. The lowest BCUT2D eigenvalue weighted by Gasteiger charge is -2.32. The van der Waals surface area contributed by atoms with E-state index in [4.69, 9.17) is 4.74 Å². The summed E-state index contributed by atoms with van der Waals surface area (Å²) in [6.45, 7) is 5.12. The quantitative estimate of drug-likeness (QED) is 0.728. The molecule has 0 atom stereocenters. The van der Waals surface area contributed by atoms with Crippen molar-refractivity contribution in [2.24, 2.45) is 5.92 Å². The highest BCUT2D eigenvalue weighted by molar-refractivity contribution is 6.45. The Morgan fingerprint density at radius 3 is 2.16 bits per heavy atom. The molecule has 1 fully saturated rings. The van der Waals surface area contributed by atoms with Crippen molar-refractivity contribution in [1.82, 2.24) is 4.90 Å². The van der Waals surface area contributed by atoms with Gasteiger partial charge in [0.05, 0.1) is 18.4 Å². The number of carbonyl (C=O) groups excluding carboxylic acids is 3. The summed E-state index contributed by atoms with van der Waals surface area (Å²) in [7, 11) is 1.59. The van der Waals surface area contributed by atoms with Crippen molar-refractivity contribution in [3.8, 4) is 5.75 Å². The zero-order valence-electron chi connectivity index (χ0n) is 18.6. The SMILES string of the molecule is COc1ccc(C2=C(N3CCC(C)CC3)C(=O)N(c3ccc(NC(C)=O)cc3)C2=O)cc1. The third-order valence-corrected chi connectivity index (χ3v) is 5.98. The molecule has 0 saturated carbocycles. The second-order valence-electron chi connectivity index (χ2n) is 8.30. The van der Waals surface area contributed by atoms with Gasteiger partial charge in [0.1, 0.15) is 11.4 Å². The molecule has 1 saturated heterocycles. The highest BCUT2D eigenvalue weighted by Crippen LogP contribution is 2.37. The number of carbonyl (C=O) groups is 3. The average molecular weight is 434 g/mol. The lowest BCUT2D eigenvalue weighted by atomic mass is 9.97. The number of methoxy groups -OCH3 is 1. The van der Waals surface area contributed by atoms with Crippen molar-refractivity contribution in [1.29, 1.82) is 0 Å². The zero-order valence-corrected chi connectivity index (χ0v) is 18.6. The molecule has 1 N–H and O–H groups in total. The van der Waals surface area contributed by atoms with Crippen LogP contribution in [0.2, 0.25) is 0 Å². The number of nitrogens with zero attached hydrogens (tertiary/aromatic N) is 2. The van der Waals surface area contributed by atoms with Crippen LogP contribution < -0.4 is 15.0 Å². The standard InChI is InChI=1S/C25H27N3O4/c1-16-12-14-27(15-13-16)23-22(18-4-10-21(32-3)11-5-18)24(30)28(25(23)31)20-8-6-19(7-9-20)26-17(2)29/h4-11,16H,12-15H2,1-3H3,(H,26,29). The van der Waals surface area contributed by atoms with Crippen LogP contribution in [0.5, 0.6) is 5.75 Å². The van der Waals surface area contributed by atoms with Gasteiger partial charge in [0.15, 0.2) is 0 Å². The van der Waals surface area contributed by atoms with Crippen molar-refractivity contribution in [2.75, 3.05) is 30.4 Å². The van der Waals surface area contributed by atoms with E-state index < -0.39 is 0 Å². The first-order valence-corrected chi connectivity index (χ1v) is 10.8. The van der Waals surface area contributed by atoms with Crippen LogP contribution in [0.1, 0.15) is 32.3 Å². The van der Waals surface area contributed by atoms with E-state index in [-0.39, 0.29) is 17.7 Å². The minimum absolute atomic E-state index is 0.184. The maximum absolute atomic E-state index is 13.6. The Balaban J connectivity index is 1.73. The Labute approximate surface area is 187 Å². The van der Waals surface area contributed by atoms with Gasteiger partial charge in [-0.05, 0) is 60.7 Å². The largest absolute Gasteiger partial charge is 0.497 e. The van der Waals surface area contributed by atoms with Gasteiger partial charge in [0, 0.05) is 25.7 Å². The Morgan fingerprint density at radius 2 is 1.59 bits per heavy atom. The number of ether oxygens (including phenoxy) is 1. The molecular formula is C25H27N3O4. The Morgan fingerprint density at radius 1 is 0.969 bits per heavy atom. The fourth-order valence-corrected chi connectivity index (χ4v) is 4.19. The number of hydrogen-bond acceptors (Lipinski definition) is 5. The molecule has 0 unspecified atom stereocenters. The van der Waals surface area contributed by atoms with Gasteiger partial charge >= 0.3 is 0 Å². The van der Waals surface area contributed by atoms with E-state index >= 15 is 0 Å². The number of rotatable bonds is 5. The molecule has 2 aliphatic rings. The molecule has 2 aliphatic heterocycles. The summed E-state index contributed by atoms with van der Waals surface area (Å²) < 4.78 is 5.25. The van der Waals surface area contributed by atoms with Crippen LogP contribution in [-0.2, 0) is 14.4 Å². The summed E-state index contributed by atoms with van der Waals surface area (Å²) in [5.74, 6) is 0.436. The summed E-state index contributed by atoms with van der Waals surface area (Å²) in [6.07, 6.45) is 1.96. The molecule has 2 heterocycles. The third-order valence-electron chi connectivity index (χ3n) is 5.98. The average Bonchev–Trinajstić information content (AvgIpc) is 3.05. The fourth-order valence-electron chi connectivity index (χ4n) is 4.19. The van der Waals surface area contributed by atoms with Crippen LogP contribution in [0, 0.1) is 5.92 Å². The van der Waals surface area contributed by atoms with E-state index in [9.17, 15) is 14.4 Å². The maximum atomic E-state index is 13.6. The van der Waals surface area contributed by atoms with Gasteiger partial charge < -0.3 is 15.0 Å². The van der Waals surface area contributed by atoms with E-state index in [0.717, 1.165) is 25.9 Å². The van der Waals surface area contributed by atoms with Gasteiger partial charge in [-0.15, -0.1) is 0 Å². The monoisotopic (exact) mass is 433 g/mol. The first-order valence-electron chi connectivity index (χ1n) is 10.8. The molecule has 2 aromatic rings. The summed E-state index contributed by atoms with van der Waals surface area (Å²) in [5.41, 5.74) is 2.64. The van der Waals surface area contributed by atoms with Gasteiger partial charge in [-0.2, -0.15) is 0 Å². The van der Waals surface area contributed by atoms with Crippen molar-refractivity contribution in [2.45, 2.75) is 26.7 Å². The van der Waals surface area contributed by atoms with Crippen LogP contribution >= 0.6 is 0 Å². The van der Waals surface area contributed by atoms with Gasteiger partial charge in [0.2, 0.25) is 5.91 Å². The van der Waals surface area contributed by atoms with Crippen LogP contribution in [-0.4, -0.2) is 42.8 Å². The van der Waals surface area contributed by atoms with E-state index in [2.05, 4.69) is 12.2 Å². The molecule has 32 heavy (non-hydrogen) atoms. The lowest BCUT2D eigenvalue weighted by Crippen LogP contribution is -2.38. The summed E-state index contributed by atoms with van der Waals surface area (Å²) in [4.78, 5) is 41.7. The van der Waals surface area contributed by atoms with Gasteiger partial charge in [0.25, 0.3) is 11.8 Å². The Hall–Kier alpha value is -3.61. The second-order valence-corrected chi connectivity index (χ2v) is 8.30. The number of nitrogens with one attached hydrogen (secondary N) is 1. The number of hydrogen-bond donors (Lipinski definition) is 1. The maximum Gasteiger partial charge on any atom is 0.282 e. The Bertz CT molecular complexity index is 1070. The van der Waals surface area contributed by atoms with Crippen molar-refractivity contribution in [3.05, 3.63) is 59.8 Å². The topological polar surface area (TPSA) is 79.0 Å². The van der Waals surface area contributed by atoms with Crippen molar-refractivity contribution < 1.29 is 19.1 Å². The number of imide groups is 1. The molecular weight excluding hydrogens is 406 g/mol. The molecule has 7 nitrogen and oxygen atoms in total. The van der Waals surface area contributed by atoms with Gasteiger partial charge in [-0.25, -0.2) is 4.90 Å². The fraction of sp³-hybridized carbons (Fsp3) is 0.320. The number of anilines is 2. The van der Waals surface area contributed by atoms with Crippen molar-refractivity contribution in [3.63, 3.8) is 0 Å². The van der Waals surface area contributed by atoms with E-state index in [1.165, 1.54) is 11.8 Å². The summed E-state index contributed by atoms with van der Waals surface area (Å²) in [6, 6.07) is 13.9. The molecule has 3 amide bonds. The van der Waals surface area contributed by atoms with Crippen molar-refractivity contribution >= 4 is 34.7 Å². The number of benzene rings is 2. The number of likely N-dealkylation sites (tertiary alicyclic amines) is 1. The first kappa shape index (κ1) is 21.6. The minimum atomic E-state index is -0.346. The van der Waals surface area contributed by atoms with Crippen LogP contribution in [0.25, 0.3) is 5.57 Å². The van der Waals surface area contributed by atoms with E-state index in [1.54, 1.807) is 43.5 Å². The molecule has 7 heteroatoms. The van der Waals surface area contributed by atoms with E-state index in [1.807, 2.05) is 17.0 Å². The lowest BCUT2D eigenvalue weighted by molar-refractivity contribution is -0.121. The third kappa shape index (κ3) is 4.10. The highest BCUT2D eigenvalue weighted by atomic mass is 16.5. The van der Waals surface area contributed by atoms with Crippen LogP contribution in [0.4, 0.5) is 11.4 Å². The molecule has 0 aromatic heterocycles. The second kappa shape index (κ2) is 8.86. The van der Waals surface area contributed by atoms with Gasteiger partial charge in [-0.1, -0.05) is 19.1 Å². The molecule has 166 valence electrons. The van der Waals surface area contributed by atoms with Crippen LogP contribution in [0.3, 0.4) is 0 Å². The Kier molecular flexibility index (Phi) is 5.99. The van der Waals surface area contributed by atoms with Crippen LogP contribution in [0.15, 0.2) is 54.2 Å². The summed E-state index contributed by atoms with van der Waals surface area (Å²) in [5, 5.41) is 2.70. The molecule has 4 rings (SSSR count). The zero-order chi connectivity index (χ0) is 22.8. The molecule has 0 spiro atoms. The van der Waals surface area contributed by atoms with E-state index in [0.29, 0.717) is 39.9 Å². The van der Waals surface area contributed by atoms with Gasteiger partial charge in [-0.3, -0.25) is 14.4 Å². The predicted octanol–water partition coefficient (Wildman–Crippen LogP) is 3.67.